The Morgan fingerprint density at radius 1 is 0.882 bits per heavy atom. The molecule has 1 nitrogen and oxygen atoms in total. The van der Waals surface area contributed by atoms with Crippen LogP contribution in [0, 0.1) is 19.8 Å². The van der Waals surface area contributed by atoms with E-state index in [1.54, 1.807) is 0 Å². The van der Waals surface area contributed by atoms with E-state index in [9.17, 15) is 0 Å². The Bertz CT molecular complexity index is 236. The third kappa shape index (κ3) is 8.93. The molecule has 0 saturated carbocycles. The van der Waals surface area contributed by atoms with Crippen molar-refractivity contribution in [3.63, 3.8) is 0 Å². The lowest BCUT2D eigenvalue weighted by Gasteiger charge is -2.16. The fourth-order valence-corrected chi connectivity index (χ4v) is 1.45. The van der Waals surface area contributed by atoms with Crippen LogP contribution >= 0.6 is 0 Å². The zero-order valence-corrected chi connectivity index (χ0v) is 12.1. The molecule has 0 aromatic heterocycles. The quantitative estimate of drug-likeness (QED) is 0.631. The van der Waals surface area contributed by atoms with Crippen LogP contribution in [0.3, 0.4) is 0 Å². The Kier molecular flexibility index (Phi) is 9.84. The Labute approximate surface area is 107 Å². The molecule has 1 heteroatoms. The molecule has 1 aromatic carbocycles. The zero-order valence-electron chi connectivity index (χ0n) is 12.1. The highest BCUT2D eigenvalue weighted by Gasteiger charge is 2.06. The first-order valence-corrected chi connectivity index (χ1v) is 6.79. The van der Waals surface area contributed by atoms with Crippen molar-refractivity contribution >= 4 is 0 Å². The van der Waals surface area contributed by atoms with Gasteiger partial charge in [0.25, 0.3) is 0 Å². The van der Waals surface area contributed by atoms with Crippen LogP contribution in [0.5, 0.6) is 0 Å². The minimum Gasteiger partial charge on any atom is -0.381 e. The fraction of sp³-hybridized carbons (Fsp3) is 0.625. The maximum Gasteiger partial charge on any atom is 0.0468 e. The van der Waals surface area contributed by atoms with Gasteiger partial charge in [0, 0.05) is 13.2 Å². The summed E-state index contributed by atoms with van der Waals surface area (Å²) in [5.74, 6) is 0.911. The van der Waals surface area contributed by atoms with E-state index in [-0.39, 0.29) is 0 Å². The molecule has 1 saturated heterocycles. The van der Waals surface area contributed by atoms with Crippen LogP contribution in [0.2, 0.25) is 0 Å². The predicted octanol–water partition coefficient (Wildman–Crippen LogP) is 4.76. The first-order chi connectivity index (χ1) is 8.18. The van der Waals surface area contributed by atoms with E-state index in [2.05, 4.69) is 45.0 Å². The molecule has 0 unspecified atom stereocenters. The Morgan fingerprint density at radius 3 is 1.47 bits per heavy atom. The number of hydrogen-bond donors (Lipinski definition) is 0. The second kappa shape index (κ2) is 10.3. The van der Waals surface area contributed by atoms with Gasteiger partial charge in [0.15, 0.2) is 0 Å². The van der Waals surface area contributed by atoms with Crippen molar-refractivity contribution in [3.8, 4) is 0 Å². The number of hydrogen-bond acceptors (Lipinski definition) is 1. The van der Waals surface area contributed by atoms with Crippen LogP contribution < -0.4 is 0 Å². The van der Waals surface area contributed by atoms with E-state index in [1.807, 2.05) is 13.8 Å². The third-order valence-corrected chi connectivity index (χ3v) is 2.73. The Morgan fingerprint density at radius 2 is 1.24 bits per heavy atom. The van der Waals surface area contributed by atoms with E-state index in [0.717, 1.165) is 19.1 Å². The molecular weight excluding hydrogens is 208 g/mol. The highest BCUT2D eigenvalue weighted by molar-refractivity contribution is 5.19. The summed E-state index contributed by atoms with van der Waals surface area (Å²) in [6.07, 6.45) is 2.53. The van der Waals surface area contributed by atoms with Crippen LogP contribution in [0.1, 0.15) is 44.7 Å². The summed E-state index contributed by atoms with van der Waals surface area (Å²) < 4.78 is 5.14. The van der Waals surface area contributed by atoms with E-state index < -0.39 is 0 Å². The van der Waals surface area contributed by atoms with Gasteiger partial charge in [-0.05, 0) is 32.6 Å². The van der Waals surface area contributed by atoms with E-state index in [4.69, 9.17) is 4.74 Å². The molecular formula is C16H28O. The van der Waals surface area contributed by atoms with Crippen LogP contribution in [0.15, 0.2) is 24.3 Å². The molecule has 1 heterocycles. The van der Waals surface area contributed by atoms with Crippen molar-refractivity contribution in [2.24, 2.45) is 5.92 Å². The molecule has 0 radical (unpaired) electrons. The average Bonchev–Trinajstić information content (AvgIpc) is 2.37. The van der Waals surface area contributed by atoms with Gasteiger partial charge in [0.05, 0.1) is 0 Å². The fourth-order valence-electron chi connectivity index (χ4n) is 1.45. The van der Waals surface area contributed by atoms with Crippen molar-refractivity contribution in [2.75, 3.05) is 13.2 Å². The molecule has 98 valence electrons. The summed E-state index contributed by atoms with van der Waals surface area (Å²) in [5.41, 5.74) is 2.66. The second-order valence-corrected chi connectivity index (χ2v) is 4.45. The van der Waals surface area contributed by atoms with E-state index >= 15 is 0 Å². The van der Waals surface area contributed by atoms with Gasteiger partial charge < -0.3 is 4.74 Å². The highest BCUT2D eigenvalue weighted by atomic mass is 16.5. The smallest absolute Gasteiger partial charge is 0.0468 e. The molecule has 0 bridgehead atoms. The first kappa shape index (κ1) is 16.2. The molecule has 17 heavy (non-hydrogen) atoms. The molecule has 1 aliphatic heterocycles. The summed E-state index contributed by atoms with van der Waals surface area (Å²) in [5, 5.41) is 0. The summed E-state index contributed by atoms with van der Waals surface area (Å²) in [4.78, 5) is 0. The van der Waals surface area contributed by atoms with Crippen molar-refractivity contribution in [1.29, 1.82) is 0 Å². The van der Waals surface area contributed by atoms with Crippen molar-refractivity contribution in [1.82, 2.24) is 0 Å². The van der Waals surface area contributed by atoms with Gasteiger partial charge in [-0.1, -0.05) is 56.2 Å². The highest BCUT2D eigenvalue weighted by Crippen LogP contribution is 2.11. The van der Waals surface area contributed by atoms with Crippen molar-refractivity contribution in [2.45, 2.75) is 47.5 Å². The van der Waals surface area contributed by atoms with Crippen molar-refractivity contribution < 1.29 is 4.74 Å². The van der Waals surface area contributed by atoms with Crippen LogP contribution in [-0.4, -0.2) is 13.2 Å². The van der Waals surface area contributed by atoms with Gasteiger partial charge in [0.1, 0.15) is 0 Å². The van der Waals surface area contributed by atoms with E-state index in [0.29, 0.717) is 0 Å². The van der Waals surface area contributed by atoms with Crippen LogP contribution in [0.25, 0.3) is 0 Å². The molecule has 0 spiro atoms. The number of benzene rings is 1. The third-order valence-electron chi connectivity index (χ3n) is 2.73. The topological polar surface area (TPSA) is 9.23 Å². The lowest BCUT2D eigenvalue weighted by molar-refractivity contribution is 0.0716. The summed E-state index contributed by atoms with van der Waals surface area (Å²) in [6, 6.07) is 8.48. The van der Waals surface area contributed by atoms with Gasteiger partial charge in [-0.3, -0.25) is 0 Å². The number of aryl methyl sites for hydroxylation is 2. The molecule has 0 amide bonds. The lowest BCUT2D eigenvalue weighted by Crippen LogP contribution is -2.12. The molecule has 0 aliphatic carbocycles. The van der Waals surface area contributed by atoms with Gasteiger partial charge in [0.2, 0.25) is 0 Å². The Hall–Kier alpha value is -0.820. The number of ether oxygens (including phenoxy) is 1. The molecule has 2 rings (SSSR count). The lowest BCUT2D eigenvalue weighted by atomic mass is 10.0. The molecule has 1 fully saturated rings. The van der Waals surface area contributed by atoms with Gasteiger partial charge in [-0.2, -0.15) is 0 Å². The minimum absolute atomic E-state index is 0.911. The summed E-state index contributed by atoms with van der Waals surface area (Å²) in [6.45, 7) is 12.4. The van der Waals surface area contributed by atoms with Crippen LogP contribution in [0.4, 0.5) is 0 Å². The second-order valence-electron chi connectivity index (χ2n) is 4.45. The normalized spacial score (nSPS) is 15.1. The van der Waals surface area contributed by atoms with Crippen LogP contribution in [-0.2, 0) is 4.74 Å². The van der Waals surface area contributed by atoms with Gasteiger partial charge in [-0.15, -0.1) is 0 Å². The molecule has 1 aliphatic rings. The zero-order chi connectivity index (χ0) is 13.1. The average molecular weight is 236 g/mol. The SMILES string of the molecule is CC.CC1CCOCC1.Cc1ccc(C)cc1. The maximum atomic E-state index is 5.14. The number of rotatable bonds is 0. The van der Waals surface area contributed by atoms with E-state index in [1.165, 1.54) is 24.0 Å². The standard InChI is InChI=1S/C8H10.C6H12O.C2H6/c1-7-3-5-8(2)6-4-7;1-6-2-4-7-5-3-6;1-2/h3-6H,1-2H3;6H,2-5H2,1H3;1-2H3. The largest absolute Gasteiger partial charge is 0.381 e. The molecule has 0 atom stereocenters. The minimum atomic E-state index is 0.911. The summed E-state index contributed by atoms with van der Waals surface area (Å²) >= 11 is 0. The summed E-state index contributed by atoms with van der Waals surface area (Å²) in [7, 11) is 0. The molecule has 1 aromatic rings. The predicted molar refractivity (Wildman–Crippen MR) is 76.5 cm³/mol. The van der Waals surface area contributed by atoms with Gasteiger partial charge in [-0.25, -0.2) is 0 Å². The molecule has 0 N–H and O–H groups in total. The monoisotopic (exact) mass is 236 g/mol. The van der Waals surface area contributed by atoms with Crippen molar-refractivity contribution in [3.05, 3.63) is 35.4 Å². The first-order valence-electron chi connectivity index (χ1n) is 6.79. The van der Waals surface area contributed by atoms with Gasteiger partial charge >= 0.3 is 0 Å². The Balaban J connectivity index is 0.000000265. The maximum absolute atomic E-state index is 5.14.